The Bertz CT molecular complexity index is 1170. The van der Waals surface area contributed by atoms with Crippen LogP contribution in [0.4, 0.5) is 5.69 Å². The van der Waals surface area contributed by atoms with E-state index in [4.69, 9.17) is 6.42 Å². The van der Waals surface area contributed by atoms with E-state index in [0.29, 0.717) is 19.6 Å². The van der Waals surface area contributed by atoms with Crippen molar-refractivity contribution in [1.29, 1.82) is 5.26 Å². The maximum absolute atomic E-state index is 13.0. The molecule has 0 saturated carbocycles. The lowest BCUT2D eigenvalue weighted by Gasteiger charge is -2.36. The van der Waals surface area contributed by atoms with E-state index in [2.05, 4.69) is 29.0 Å². The molecule has 5 nitrogen and oxygen atoms in total. The highest BCUT2D eigenvalue weighted by Gasteiger charge is 2.24. The molecule has 2 aromatic carbocycles. The summed E-state index contributed by atoms with van der Waals surface area (Å²) in [6.45, 7) is 3.11. The molecule has 1 aliphatic heterocycles. The highest BCUT2D eigenvalue weighted by molar-refractivity contribution is 6.04. The minimum absolute atomic E-state index is 0.145. The number of rotatable bonds is 4. The van der Waals surface area contributed by atoms with Crippen LogP contribution in [0.25, 0.3) is 17.0 Å². The molecular formula is C25H22N4O. The number of anilines is 1. The molecule has 30 heavy (non-hydrogen) atoms. The van der Waals surface area contributed by atoms with E-state index >= 15 is 0 Å². The molecule has 1 aromatic heterocycles. The largest absolute Gasteiger partial charge is 0.368 e. The van der Waals surface area contributed by atoms with Crippen molar-refractivity contribution < 1.29 is 4.79 Å². The van der Waals surface area contributed by atoms with E-state index in [1.54, 1.807) is 11.0 Å². The van der Waals surface area contributed by atoms with Crippen LogP contribution in [0.1, 0.15) is 5.56 Å². The van der Waals surface area contributed by atoms with Crippen LogP contribution >= 0.6 is 0 Å². The molecule has 1 saturated heterocycles. The molecule has 1 aliphatic rings. The molecule has 0 unspecified atom stereocenters. The third-order valence-corrected chi connectivity index (χ3v) is 5.42. The van der Waals surface area contributed by atoms with E-state index in [9.17, 15) is 10.1 Å². The van der Waals surface area contributed by atoms with Gasteiger partial charge in [-0.25, -0.2) is 0 Å². The molecule has 3 aromatic rings. The number of nitriles is 1. The number of benzene rings is 2. The van der Waals surface area contributed by atoms with Crippen LogP contribution < -0.4 is 4.90 Å². The number of nitrogens with zero attached hydrogens (tertiary/aromatic N) is 4. The van der Waals surface area contributed by atoms with Crippen molar-refractivity contribution in [3.63, 3.8) is 0 Å². The second kappa shape index (κ2) is 8.59. The molecule has 4 rings (SSSR count). The van der Waals surface area contributed by atoms with Crippen molar-refractivity contribution in [3.05, 3.63) is 71.9 Å². The summed E-state index contributed by atoms with van der Waals surface area (Å²) in [6, 6.07) is 20.1. The van der Waals surface area contributed by atoms with E-state index in [0.717, 1.165) is 35.2 Å². The zero-order valence-corrected chi connectivity index (χ0v) is 16.7. The molecule has 0 N–H and O–H groups in total. The maximum Gasteiger partial charge on any atom is 0.264 e. The van der Waals surface area contributed by atoms with Gasteiger partial charge in [-0.15, -0.1) is 6.42 Å². The Morgan fingerprint density at radius 2 is 1.73 bits per heavy atom. The summed E-state index contributed by atoms with van der Waals surface area (Å²) in [6.07, 6.45) is 9.07. The second-order valence-corrected chi connectivity index (χ2v) is 7.22. The highest BCUT2D eigenvalue weighted by atomic mass is 16.2. The number of aromatic nitrogens is 1. The number of amides is 1. The number of hydrogen-bond donors (Lipinski definition) is 0. The van der Waals surface area contributed by atoms with Crippen LogP contribution in [0.15, 0.2) is 66.4 Å². The first-order valence-electron chi connectivity index (χ1n) is 9.93. The number of para-hydroxylation sites is 2. The minimum atomic E-state index is -0.223. The maximum atomic E-state index is 13.0. The Morgan fingerprint density at radius 1 is 1.03 bits per heavy atom. The first kappa shape index (κ1) is 19.4. The van der Waals surface area contributed by atoms with Gasteiger partial charge in [0.25, 0.3) is 5.91 Å². The Labute approximate surface area is 176 Å². The van der Waals surface area contributed by atoms with Gasteiger partial charge < -0.3 is 14.4 Å². The fourth-order valence-corrected chi connectivity index (χ4v) is 3.89. The topological polar surface area (TPSA) is 52.3 Å². The number of piperazine rings is 1. The van der Waals surface area contributed by atoms with Crippen molar-refractivity contribution in [2.75, 3.05) is 31.1 Å². The van der Waals surface area contributed by atoms with Gasteiger partial charge in [-0.1, -0.05) is 42.3 Å². The summed E-state index contributed by atoms with van der Waals surface area (Å²) in [5.74, 6) is 2.42. The van der Waals surface area contributed by atoms with Gasteiger partial charge in [0, 0.05) is 54.5 Å². The standard InChI is InChI=1S/C25H22N4O/c1-2-12-29-19-21(23-10-6-7-11-24(23)29)17-20(18-26)25(30)28-15-13-27(14-16-28)22-8-4-3-5-9-22/h1,3-11,17,19H,12-16H2/b20-17+. The lowest BCUT2D eigenvalue weighted by molar-refractivity contribution is -0.126. The van der Waals surface area contributed by atoms with Crippen LogP contribution in [0.2, 0.25) is 0 Å². The average Bonchev–Trinajstić information content (AvgIpc) is 3.15. The number of hydrogen-bond acceptors (Lipinski definition) is 3. The monoisotopic (exact) mass is 394 g/mol. The predicted molar refractivity (Wildman–Crippen MR) is 120 cm³/mol. The number of carbonyl (C=O) groups excluding carboxylic acids is 1. The molecule has 0 aliphatic carbocycles. The Kier molecular flexibility index (Phi) is 5.54. The zero-order valence-electron chi connectivity index (χ0n) is 16.7. The van der Waals surface area contributed by atoms with Gasteiger partial charge in [0.15, 0.2) is 0 Å². The lowest BCUT2D eigenvalue weighted by atomic mass is 10.1. The van der Waals surface area contributed by atoms with Crippen molar-refractivity contribution in [2.45, 2.75) is 6.54 Å². The molecule has 0 bridgehead atoms. The molecular weight excluding hydrogens is 372 g/mol. The van der Waals surface area contributed by atoms with Crippen LogP contribution in [0.5, 0.6) is 0 Å². The molecule has 2 heterocycles. The fourth-order valence-electron chi connectivity index (χ4n) is 3.89. The molecule has 0 atom stereocenters. The highest BCUT2D eigenvalue weighted by Crippen LogP contribution is 2.24. The molecule has 5 heteroatoms. The predicted octanol–water partition coefficient (Wildman–Crippen LogP) is 3.53. The summed E-state index contributed by atoms with van der Waals surface area (Å²) in [5, 5.41) is 10.7. The summed E-state index contributed by atoms with van der Waals surface area (Å²) in [4.78, 5) is 17.0. The van der Waals surface area contributed by atoms with Crippen LogP contribution in [-0.2, 0) is 11.3 Å². The van der Waals surface area contributed by atoms with Crippen molar-refractivity contribution in [3.8, 4) is 18.4 Å². The Morgan fingerprint density at radius 3 is 2.43 bits per heavy atom. The summed E-state index contributed by atoms with van der Waals surface area (Å²) < 4.78 is 1.96. The number of carbonyl (C=O) groups is 1. The average molecular weight is 394 g/mol. The van der Waals surface area contributed by atoms with Gasteiger partial charge in [0.05, 0.1) is 6.54 Å². The lowest BCUT2D eigenvalue weighted by Crippen LogP contribution is -2.49. The minimum Gasteiger partial charge on any atom is -0.368 e. The van der Waals surface area contributed by atoms with E-state index in [1.807, 2.05) is 53.2 Å². The van der Waals surface area contributed by atoms with Crippen LogP contribution in [-0.4, -0.2) is 41.6 Å². The number of terminal acetylenes is 1. The van der Waals surface area contributed by atoms with Crippen LogP contribution in [0.3, 0.4) is 0 Å². The normalized spacial score (nSPS) is 14.4. The van der Waals surface area contributed by atoms with Gasteiger partial charge in [-0.05, 0) is 24.3 Å². The molecule has 148 valence electrons. The second-order valence-electron chi connectivity index (χ2n) is 7.22. The van der Waals surface area contributed by atoms with Crippen molar-refractivity contribution >= 4 is 28.6 Å². The molecule has 0 radical (unpaired) electrons. The van der Waals surface area contributed by atoms with Gasteiger partial charge in [-0.3, -0.25) is 4.79 Å². The quantitative estimate of drug-likeness (QED) is 0.386. The smallest absolute Gasteiger partial charge is 0.264 e. The van der Waals surface area contributed by atoms with Crippen molar-refractivity contribution in [1.82, 2.24) is 9.47 Å². The summed E-state index contributed by atoms with van der Waals surface area (Å²) >= 11 is 0. The van der Waals surface area contributed by atoms with Gasteiger partial charge in [0.1, 0.15) is 11.6 Å². The Hall–Kier alpha value is -3.96. The van der Waals surface area contributed by atoms with E-state index < -0.39 is 0 Å². The van der Waals surface area contributed by atoms with E-state index in [1.165, 1.54) is 0 Å². The Balaban J connectivity index is 1.54. The van der Waals surface area contributed by atoms with Crippen molar-refractivity contribution in [2.24, 2.45) is 0 Å². The first-order valence-corrected chi connectivity index (χ1v) is 9.93. The third kappa shape index (κ3) is 3.79. The zero-order chi connectivity index (χ0) is 20.9. The third-order valence-electron chi connectivity index (χ3n) is 5.42. The molecule has 1 fully saturated rings. The molecule has 1 amide bonds. The summed E-state index contributed by atoms with van der Waals surface area (Å²) in [5.41, 5.74) is 3.12. The van der Waals surface area contributed by atoms with Crippen LogP contribution in [0, 0.1) is 23.7 Å². The van der Waals surface area contributed by atoms with Gasteiger partial charge in [-0.2, -0.15) is 5.26 Å². The fraction of sp³-hybridized carbons (Fsp3) is 0.200. The number of fused-ring (bicyclic) bond motifs is 1. The van der Waals surface area contributed by atoms with E-state index in [-0.39, 0.29) is 11.5 Å². The SMILES string of the molecule is C#CCn1cc(/C=C(\C#N)C(=O)N2CCN(c3ccccc3)CC2)c2ccccc21. The summed E-state index contributed by atoms with van der Waals surface area (Å²) in [7, 11) is 0. The van der Waals surface area contributed by atoms with Gasteiger partial charge in [0.2, 0.25) is 0 Å². The molecule has 0 spiro atoms. The first-order chi connectivity index (χ1) is 14.7. The van der Waals surface area contributed by atoms with Gasteiger partial charge >= 0.3 is 0 Å².